The summed E-state index contributed by atoms with van der Waals surface area (Å²) in [5.41, 5.74) is 1.19. The van der Waals surface area contributed by atoms with Crippen molar-refractivity contribution in [3.8, 4) is 0 Å². The molecular weight excluding hydrogens is 276 g/mol. The molecule has 0 aliphatic heterocycles. The molecule has 0 atom stereocenters. The van der Waals surface area contributed by atoms with Crippen molar-refractivity contribution in [3.63, 3.8) is 0 Å². The van der Waals surface area contributed by atoms with Crippen LogP contribution in [0.4, 0.5) is 0 Å². The SMILES string of the molecule is O=C(CNCCc1ccc(Cl)cc1)NCc1ccco1. The number of carbonyl (C=O) groups excluding carboxylic acids is 1. The third kappa shape index (κ3) is 5.07. The summed E-state index contributed by atoms with van der Waals surface area (Å²) >= 11 is 5.82. The predicted molar refractivity (Wildman–Crippen MR) is 78.6 cm³/mol. The van der Waals surface area contributed by atoms with Crippen LogP contribution >= 0.6 is 11.6 Å². The van der Waals surface area contributed by atoms with Gasteiger partial charge in [-0.2, -0.15) is 0 Å². The van der Waals surface area contributed by atoms with Crippen molar-refractivity contribution in [1.29, 1.82) is 0 Å². The molecule has 1 amide bonds. The van der Waals surface area contributed by atoms with E-state index in [1.54, 1.807) is 12.3 Å². The first-order valence-electron chi connectivity index (χ1n) is 6.48. The second-order valence-corrected chi connectivity index (χ2v) is 4.85. The molecule has 2 rings (SSSR count). The Kier molecular flexibility index (Phi) is 5.65. The molecule has 4 nitrogen and oxygen atoms in total. The lowest BCUT2D eigenvalue weighted by atomic mass is 10.1. The molecular formula is C15H17ClN2O2. The van der Waals surface area contributed by atoms with Gasteiger partial charge in [-0.1, -0.05) is 23.7 Å². The molecule has 2 aromatic rings. The minimum Gasteiger partial charge on any atom is -0.467 e. The first-order chi connectivity index (χ1) is 9.74. The van der Waals surface area contributed by atoms with Crippen molar-refractivity contribution in [2.45, 2.75) is 13.0 Å². The van der Waals surface area contributed by atoms with E-state index in [0.717, 1.165) is 23.7 Å². The first kappa shape index (κ1) is 14.6. The van der Waals surface area contributed by atoms with Gasteiger partial charge < -0.3 is 15.1 Å². The molecule has 0 saturated carbocycles. The van der Waals surface area contributed by atoms with Crippen LogP contribution in [0.25, 0.3) is 0 Å². The highest BCUT2D eigenvalue weighted by molar-refractivity contribution is 6.30. The lowest BCUT2D eigenvalue weighted by Gasteiger charge is -2.06. The molecule has 0 saturated heterocycles. The highest BCUT2D eigenvalue weighted by Gasteiger charge is 2.02. The summed E-state index contributed by atoms with van der Waals surface area (Å²) in [6.07, 6.45) is 2.45. The number of rotatable bonds is 7. The largest absolute Gasteiger partial charge is 0.467 e. The Hall–Kier alpha value is -1.78. The third-order valence-electron chi connectivity index (χ3n) is 2.83. The summed E-state index contributed by atoms with van der Waals surface area (Å²) in [6, 6.07) is 11.3. The molecule has 20 heavy (non-hydrogen) atoms. The minimum absolute atomic E-state index is 0.0440. The van der Waals surface area contributed by atoms with Crippen LogP contribution in [0.3, 0.4) is 0 Å². The highest BCUT2D eigenvalue weighted by atomic mass is 35.5. The minimum atomic E-state index is -0.0440. The van der Waals surface area contributed by atoms with E-state index in [9.17, 15) is 4.79 Å². The number of halogens is 1. The van der Waals surface area contributed by atoms with Crippen LogP contribution in [-0.2, 0) is 17.8 Å². The summed E-state index contributed by atoms with van der Waals surface area (Å²) < 4.78 is 5.13. The van der Waals surface area contributed by atoms with E-state index < -0.39 is 0 Å². The van der Waals surface area contributed by atoms with Crippen molar-refractivity contribution in [1.82, 2.24) is 10.6 Å². The Morgan fingerprint density at radius 2 is 2.00 bits per heavy atom. The van der Waals surface area contributed by atoms with Crippen LogP contribution in [0.1, 0.15) is 11.3 Å². The van der Waals surface area contributed by atoms with Gasteiger partial charge in [0.2, 0.25) is 5.91 Å². The third-order valence-corrected chi connectivity index (χ3v) is 3.08. The number of hydrogen-bond acceptors (Lipinski definition) is 3. The van der Waals surface area contributed by atoms with E-state index in [2.05, 4.69) is 10.6 Å². The molecule has 0 unspecified atom stereocenters. The fourth-order valence-corrected chi connectivity index (χ4v) is 1.87. The summed E-state index contributed by atoms with van der Waals surface area (Å²) in [6.45, 7) is 1.47. The maximum Gasteiger partial charge on any atom is 0.234 e. The molecule has 0 spiro atoms. The fourth-order valence-electron chi connectivity index (χ4n) is 1.75. The van der Waals surface area contributed by atoms with Crippen molar-refractivity contribution in [2.75, 3.05) is 13.1 Å². The van der Waals surface area contributed by atoms with Gasteiger partial charge in [0.25, 0.3) is 0 Å². The Morgan fingerprint density at radius 1 is 1.20 bits per heavy atom. The zero-order valence-corrected chi connectivity index (χ0v) is 11.8. The van der Waals surface area contributed by atoms with E-state index in [0.29, 0.717) is 13.1 Å². The monoisotopic (exact) mass is 292 g/mol. The average molecular weight is 293 g/mol. The molecule has 0 radical (unpaired) electrons. The molecule has 106 valence electrons. The molecule has 0 fully saturated rings. The zero-order chi connectivity index (χ0) is 14.2. The molecule has 0 bridgehead atoms. The molecule has 1 heterocycles. The number of amides is 1. The Morgan fingerprint density at radius 3 is 2.70 bits per heavy atom. The van der Waals surface area contributed by atoms with Crippen LogP contribution in [0.2, 0.25) is 5.02 Å². The molecule has 5 heteroatoms. The van der Waals surface area contributed by atoms with Gasteiger partial charge in [0.15, 0.2) is 0 Å². The Labute approximate surface area is 123 Å². The maximum absolute atomic E-state index is 11.6. The summed E-state index contributed by atoms with van der Waals surface area (Å²) in [5.74, 6) is 0.706. The van der Waals surface area contributed by atoms with E-state index in [4.69, 9.17) is 16.0 Å². The van der Waals surface area contributed by atoms with Crippen LogP contribution in [0.15, 0.2) is 47.1 Å². The van der Waals surface area contributed by atoms with Crippen LogP contribution in [-0.4, -0.2) is 19.0 Å². The zero-order valence-electron chi connectivity index (χ0n) is 11.1. The number of hydrogen-bond donors (Lipinski definition) is 2. The van der Waals surface area contributed by atoms with Crippen molar-refractivity contribution in [3.05, 3.63) is 59.0 Å². The second-order valence-electron chi connectivity index (χ2n) is 4.41. The molecule has 0 aliphatic carbocycles. The summed E-state index contributed by atoms with van der Waals surface area (Å²) in [5, 5.41) is 6.62. The Bertz CT molecular complexity index is 523. The molecule has 2 N–H and O–H groups in total. The second kappa shape index (κ2) is 7.72. The van der Waals surface area contributed by atoms with Gasteiger partial charge in [0.1, 0.15) is 5.76 Å². The van der Waals surface area contributed by atoms with Crippen LogP contribution in [0, 0.1) is 0 Å². The lowest BCUT2D eigenvalue weighted by Crippen LogP contribution is -2.34. The van der Waals surface area contributed by atoms with Crippen LogP contribution in [0.5, 0.6) is 0 Å². The van der Waals surface area contributed by atoms with E-state index >= 15 is 0 Å². The van der Waals surface area contributed by atoms with Crippen LogP contribution < -0.4 is 10.6 Å². The summed E-state index contributed by atoms with van der Waals surface area (Å²) in [7, 11) is 0. The molecule has 0 aliphatic rings. The molecule has 1 aromatic carbocycles. The van der Waals surface area contributed by atoms with Gasteiger partial charge in [-0.3, -0.25) is 4.79 Å². The van der Waals surface area contributed by atoms with Crippen molar-refractivity contribution < 1.29 is 9.21 Å². The normalized spacial score (nSPS) is 10.4. The van der Waals surface area contributed by atoms with Crippen molar-refractivity contribution >= 4 is 17.5 Å². The number of carbonyl (C=O) groups is 1. The smallest absolute Gasteiger partial charge is 0.234 e. The van der Waals surface area contributed by atoms with Gasteiger partial charge in [-0.05, 0) is 42.8 Å². The first-order valence-corrected chi connectivity index (χ1v) is 6.86. The van der Waals surface area contributed by atoms with E-state index in [1.165, 1.54) is 5.56 Å². The standard InChI is InChI=1S/C15H17ClN2O2/c16-13-5-3-12(4-6-13)7-8-17-11-15(19)18-10-14-2-1-9-20-14/h1-6,9,17H,7-8,10-11H2,(H,18,19). The van der Waals surface area contributed by atoms with E-state index in [-0.39, 0.29) is 5.91 Å². The number of benzene rings is 1. The van der Waals surface area contributed by atoms with Gasteiger partial charge >= 0.3 is 0 Å². The van der Waals surface area contributed by atoms with Gasteiger partial charge in [0.05, 0.1) is 19.4 Å². The van der Waals surface area contributed by atoms with Gasteiger partial charge in [-0.25, -0.2) is 0 Å². The number of nitrogens with one attached hydrogen (secondary N) is 2. The number of furan rings is 1. The van der Waals surface area contributed by atoms with Gasteiger partial charge in [-0.15, -0.1) is 0 Å². The summed E-state index contributed by atoms with van der Waals surface area (Å²) in [4.78, 5) is 11.6. The fraction of sp³-hybridized carbons (Fsp3) is 0.267. The predicted octanol–water partition coefficient (Wildman–Crippen LogP) is 2.38. The quantitative estimate of drug-likeness (QED) is 0.771. The Balaban J connectivity index is 1.58. The average Bonchev–Trinajstić information content (AvgIpc) is 2.96. The molecule has 1 aromatic heterocycles. The highest BCUT2D eigenvalue weighted by Crippen LogP contribution is 2.09. The van der Waals surface area contributed by atoms with Crippen molar-refractivity contribution in [2.24, 2.45) is 0 Å². The maximum atomic E-state index is 11.6. The lowest BCUT2D eigenvalue weighted by molar-refractivity contribution is -0.120. The van der Waals surface area contributed by atoms with E-state index in [1.807, 2.05) is 30.3 Å². The van der Waals surface area contributed by atoms with Gasteiger partial charge in [0, 0.05) is 5.02 Å². The topological polar surface area (TPSA) is 54.3 Å².